The van der Waals surface area contributed by atoms with Crippen LogP contribution < -0.4 is 10.6 Å². The van der Waals surface area contributed by atoms with Gasteiger partial charge in [-0.25, -0.2) is 0 Å². The fourth-order valence-corrected chi connectivity index (χ4v) is 3.42. The molecule has 1 aliphatic carbocycles. The first kappa shape index (κ1) is 21.0. The molecule has 1 aliphatic heterocycles. The summed E-state index contributed by atoms with van der Waals surface area (Å²) < 4.78 is 0. The molecule has 2 fully saturated rings. The predicted molar refractivity (Wildman–Crippen MR) is 92.6 cm³/mol. The molecule has 0 radical (unpaired) electrons. The van der Waals surface area contributed by atoms with Crippen molar-refractivity contribution in [3.63, 3.8) is 0 Å². The Morgan fingerprint density at radius 3 is 2.24 bits per heavy atom. The van der Waals surface area contributed by atoms with E-state index in [-0.39, 0.29) is 36.6 Å². The first-order valence-electron chi connectivity index (χ1n) is 7.89. The van der Waals surface area contributed by atoms with Crippen molar-refractivity contribution < 1.29 is 4.79 Å². The summed E-state index contributed by atoms with van der Waals surface area (Å²) in [5.74, 6) is 0.270. The summed E-state index contributed by atoms with van der Waals surface area (Å²) in [6.07, 6.45) is 7.82. The molecule has 1 unspecified atom stereocenters. The molecule has 21 heavy (non-hydrogen) atoms. The van der Waals surface area contributed by atoms with Crippen LogP contribution in [0, 0.1) is 5.92 Å². The van der Waals surface area contributed by atoms with Gasteiger partial charge in [0.05, 0.1) is 0 Å². The van der Waals surface area contributed by atoms with Gasteiger partial charge < -0.3 is 15.5 Å². The van der Waals surface area contributed by atoms with Crippen LogP contribution in [-0.2, 0) is 4.79 Å². The summed E-state index contributed by atoms with van der Waals surface area (Å²) in [5.41, 5.74) is 0. The zero-order valence-electron chi connectivity index (χ0n) is 13.3. The van der Waals surface area contributed by atoms with E-state index in [9.17, 15) is 4.79 Å². The lowest BCUT2D eigenvalue weighted by atomic mass is 10.0. The Morgan fingerprint density at radius 1 is 1.14 bits per heavy atom. The molecule has 4 nitrogen and oxygen atoms in total. The minimum Gasteiger partial charge on any atom is -0.353 e. The third kappa shape index (κ3) is 6.31. The van der Waals surface area contributed by atoms with Crippen molar-refractivity contribution >= 4 is 30.7 Å². The lowest BCUT2D eigenvalue weighted by molar-refractivity contribution is -0.125. The fourth-order valence-electron chi connectivity index (χ4n) is 3.42. The monoisotopic (exact) mass is 339 g/mol. The Balaban J connectivity index is 0.00000200. The van der Waals surface area contributed by atoms with Crippen LogP contribution in [0.4, 0.5) is 0 Å². The lowest BCUT2D eigenvalue weighted by Gasteiger charge is -2.36. The maximum Gasteiger partial charge on any atom is 0.224 e. The standard InChI is InChI=1S/C15H29N3O.2ClH/c1-12(11-16-2)15(19)17-13-7-9-18(10-8-13)14-5-3-4-6-14;;/h12-14,16H,3-11H2,1-2H3,(H,17,19);2*1H. The molecule has 1 atom stereocenters. The van der Waals surface area contributed by atoms with E-state index in [0.29, 0.717) is 6.04 Å². The Bertz CT molecular complexity index is 291. The van der Waals surface area contributed by atoms with Crippen LogP contribution in [0.3, 0.4) is 0 Å². The number of hydrogen-bond acceptors (Lipinski definition) is 3. The summed E-state index contributed by atoms with van der Waals surface area (Å²) in [4.78, 5) is 14.6. The molecule has 1 saturated carbocycles. The van der Waals surface area contributed by atoms with Gasteiger partial charge in [-0.3, -0.25) is 4.79 Å². The lowest BCUT2D eigenvalue weighted by Crippen LogP contribution is -2.49. The molecule has 1 amide bonds. The van der Waals surface area contributed by atoms with Crippen LogP contribution in [0.15, 0.2) is 0 Å². The average molecular weight is 340 g/mol. The van der Waals surface area contributed by atoms with Crippen molar-refractivity contribution in [2.24, 2.45) is 5.92 Å². The quantitative estimate of drug-likeness (QED) is 0.807. The highest BCUT2D eigenvalue weighted by Crippen LogP contribution is 2.26. The SMILES string of the molecule is CNCC(C)C(=O)NC1CCN(C2CCCC2)CC1.Cl.Cl. The maximum atomic E-state index is 12.0. The van der Waals surface area contributed by atoms with Gasteiger partial charge in [0.25, 0.3) is 0 Å². The number of carbonyl (C=O) groups excluding carboxylic acids is 1. The minimum atomic E-state index is 0. The molecule has 0 aromatic carbocycles. The van der Waals surface area contributed by atoms with Crippen LogP contribution in [0.25, 0.3) is 0 Å². The Labute approximate surface area is 141 Å². The molecule has 126 valence electrons. The summed E-state index contributed by atoms with van der Waals surface area (Å²) >= 11 is 0. The molecule has 1 saturated heterocycles. The van der Waals surface area contributed by atoms with Gasteiger partial charge in [-0.2, -0.15) is 0 Å². The highest BCUT2D eigenvalue weighted by atomic mass is 35.5. The second-order valence-electron chi connectivity index (χ2n) is 6.22. The van der Waals surface area contributed by atoms with Crippen molar-refractivity contribution in [2.75, 3.05) is 26.7 Å². The predicted octanol–water partition coefficient (Wildman–Crippen LogP) is 2.21. The smallest absolute Gasteiger partial charge is 0.224 e. The molecule has 2 aliphatic rings. The molecule has 2 N–H and O–H groups in total. The average Bonchev–Trinajstić information content (AvgIpc) is 2.94. The Morgan fingerprint density at radius 2 is 1.71 bits per heavy atom. The highest BCUT2D eigenvalue weighted by Gasteiger charge is 2.28. The van der Waals surface area contributed by atoms with E-state index >= 15 is 0 Å². The Hall–Kier alpha value is -0.0300. The van der Waals surface area contributed by atoms with Crippen molar-refractivity contribution in [3.05, 3.63) is 0 Å². The molecule has 6 heteroatoms. The van der Waals surface area contributed by atoms with Gasteiger partial charge in [0.15, 0.2) is 0 Å². The van der Waals surface area contributed by atoms with Gasteiger partial charge in [-0.1, -0.05) is 19.8 Å². The number of halogens is 2. The molecular weight excluding hydrogens is 309 g/mol. The highest BCUT2D eigenvalue weighted by molar-refractivity contribution is 5.85. The summed E-state index contributed by atoms with van der Waals surface area (Å²) in [6, 6.07) is 1.23. The van der Waals surface area contributed by atoms with Crippen molar-refractivity contribution in [2.45, 2.75) is 57.5 Å². The summed E-state index contributed by atoms with van der Waals surface area (Å²) in [5, 5.41) is 6.27. The number of nitrogens with one attached hydrogen (secondary N) is 2. The van der Waals surface area contributed by atoms with E-state index < -0.39 is 0 Å². The van der Waals surface area contributed by atoms with Gasteiger partial charge in [0, 0.05) is 37.6 Å². The van der Waals surface area contributed by atoms with Gasteiger partial charge >= 0.3 is 0 Å². The zero-order chi connectivity index (χ0) is 13.7. The summed E-state index contributed by atoms with van der Waals surface area (Å²) in [6.45, 7) is 5.07. The maximum absolute atomic E-state index is 12.0. The number of piperidine rings is 1. The number of rotatable bonds is 5. The fraction of sp³-hybridized carbons (Fsp3) is 0.933. The van der Waals surface area contributed by atoms with Crippen molar-refractivity contribution in [1.82, 2.24) is 15.5 Å². The van der Waals surface area contributed by atoms with E-state index in [0.717, 1.165) is 38.5 Å². The normalized spacial score (nSPS) is 22.2. The van der Waals surface area contributed by atoms with E-state index in [2.05, 4.69) is 15.5 Å². The van der Waals surface area contributed by atoms with Crippen LogP contribution in [0.1, 0.15) is 45.4 Å². The van der Waals surface area contributed by atoms with Crippen LogP contribution in [0.5, 0.6) is 0 Å². The van der Waals surface area contributed by atoms with E-state index in [1.807, 2.05) is 14.0 Å². The van der Waals surface area contributed by atoms with E-state index in [1.54, 1.807) is 0 Å². The Kier molecular flexibility index (Phi) is 10.6. The molecule has 0 spiro atoms. The van der Waals surface area contributed by atoms with E-state index in [4.69, 9.17) is 0 Å². The van der Waals surface area contributed by atoms with Crippen LogP contribution in [-0.4, -0.2) is 49.6 Å². The number of amides is 1. The van der Waals surface area contributed by atoms with Gasteiger partial charge in [-0.05, 0) is 32.7 Å². The molecule has 0 aromatic heterocycles. The third-order valence-electron chi connectivity index (χ3n) is 4.67. The van der Waals surface area contributed by atoms with Crippen LogP contribution in [0.2, 0.25) is 0 Å². The number of carbonyl (C=O) groups is 1. The molecular formula is C15H31Cl2N3O. The van der Waals surface area contributed by atoms with Gasteiger partial charge in [0.1, 0.15) is 0 Å². The third-order valence-corrected chi connectivity index (χ3v) is 4.67. The van der Waals surface area contributed by atoms with Crippen molar-refractivity contribution in [3.8, 4) is 0 Å². The molecule has 2 rings (SSSR count). The number of hydrogen-bond donors (Lipinski definition) is 2. The van der Waals surface area contributed by atoms with Crippen LogP contribution >= 0.6 is 24.8 Å². The first-order valence-corrected chi connectivity index (χ1v) is 7.89. The van der Waals surface area contributed by atoms with E-state index in [1.165, 1.54) is 25.7 Å². The second-order valence-corrected chi connectivity index (χ2v) is 6.22. The molecule has 0 aromatic rings. The van der Waals surface area contributed by atoms with Gasteiger partial charge in [0.2, 0.25) is 5.91 Å². The molecule has 0 bridgehead atoms. The summed E-state index contributed by atoms with van der Waals surface area (Å²) in [7, 11) is 1.89. The largest absolute Gasteiger partial charge is 0.353 e. The van der Waals surface area contributed by atoms with Gasteiger partial charge in [-0.15, -0.1) is 24.8 Å². The topological polar surface area (TPSA) is 44.4 Å². The van der Waals surface area contributed by atoms with Crippen molar-refractivity contribution in [1.29, 1.82) is 0 Å². The minimum absolute atomic E-state index is 0. The zero-order valence-corrected chi connectivity index (χ0v) is 14.9. The molecule has 1 heterocycles. The number of likely N-dealkylation sites (tertiary alicyclic amines) is 1. The second kappa shape index (κ2) is 10.7. The number of nitrogens with zero attached hydrogens (tertiary/aromatic N) is 1. The first-order chi connectivity index (χ1) is 9.20.